The van der Waals surface area contributed by atoms with E-state index >= 15 is 0 Å². The van der Waals surface area contributed by atoms with Crippen molar-refractivity contribution >= 4 is 70.4 Å². The van der Waals surface area contributed by atoms with Crippen molar-refractivity contribution in [2.24, 2.45) is 0 Å². The summed E-state index contributed by atoms with van der Waals surface area (Å²) in [6.45, 7) is 0. The molecule has 2 heterocycles. The molecule has 0 aliphatic heterocycles. The fraction of sp³-hybridized carbons (Fsp3) is 0. The summed E-state index contributed by atoms with van der Waals surface area (Å²) in [5, 5.41) is 5.00. The molecule has 0 atom stereocenters. The topological polar surface area (TPSA) is 8.17 Å². The number of para-hydroxylation sites is 2. The van der Waals surface area contributed by atoms with E-state index in [1.54, 1.807) is 0 Å². The quantitative estimate of drug-likeness (QED) is 0.148. The Morgan fingerprint density at radius 1 is 0.349 bits per heavy atom. The van der Waals surface area contributed by atoms with Gasteiger partial charge in [-0.05, 0) is 93.5 Å². The van der Waals surface area contributed by atoms with E-state index in [1.165, 1.54) is 81.0 Å². The molecule has 10 aromatic carbocycles. The number of benzene rings is 10. The summed E-state index contributed by atoms with van der Waals surface area (Å²) >= 11 is 1.88. The summed E-state index contributed by atoms with van der Waals surface area (Å²) in [6, 6.07) is 88.5. The smallest absolute Gasteiger partial charge is 0.0562 e. The Hall–Kier alpha value is -7.98. The minimum absolute atomic E-state index is 1.08. The second-order valence-corrected chi connectivity index (χ2v) is 17.1. The third kappa shape index (κ3) is 6.24. The number of hydrogen-bond donors (Lipinski definition) is 0. The number of aromatic nitrogens is 1. The van der Waals surface area contributed by atoms with Gasteiger partial charge < -0.3 is 9.47 Å². The molecule has 0 saturated carbocycles. The van der Waals surface area contributed by atoms with Crippen LogP contribution in [0.1, 0.15) is 0 Å². The highest BCUT2D eigenvalue weighted by Crippen LogP contribution is 2.51. The van der Waals surface area contributed by atoms with Gasteiger partial charge >= 0.3 is 0 Å². The largest absolute Gasteiger partial charge is 0.309 e. The van der Waals surface area contributed by atoms with Crippen LogP contribution in [0.5, 0.6) is 0 Å². The molecule has 0 aliphatic rings. The Morgan fingerprint density at radius 3 is 1.70 bits per heavy atom. The number of hydrogen-bond acceptors (Lipinski definition) is 2. The van der Waals surface area contributed by atoms with Crippen LogP contribution in [-0.2, 0) is 0 Å². The van der Waals surface area contributed by atoms with Gasteiger partial charge in [0.1, 0.15) is 0 Å². The minimum atomic E-state index is 1.08. The Labute approximate surface area is 370 Å². The summed E-state index contributed by atoms with van der Waals surface area (Å²) in [5.74, 6) is 0. The van der Waals surface area contributed by atoms with Crippen LogP contribution in [0.25, 0.3) is 92.2 Å². The molecule has 0 fully saturated rings. The molecule has 2 nitrogen and oxygen atoms in total. The van der Waals surface area contributed by atoms with Crippen LogP contribution >= 0.6 is 11.3 Å². The zero-order valence-corrected chi connectivity index (χ0v) is 35.2. The molecule has 0 bridgehead atoms. The molecule has 12 rings (SSSR count). The lowest BCUT2D eigenvalue weighted by Crippen LogP contribution is -2.12. The van der Waals surface area contributed by atoms with E-state index in [0.717, 1.165) is 28.3 Å². The van der Waals surface area contributed by atoms with Gasteiger partial charge in [0.2, 0.25) is 0 Å². The van der Waals surface area contributed by atoms with Crippen molar-refractivity contribution in [2.45, 2.75) is 0 Å². The molecule has 3 heteroatoms. The number of fused-ring (bicyclic) bond motifs is 6. The van der Waals surface area contributed by atoms with Crippen LogP contribution in [-0.4, -0.2) is 4.57 Å². The molecule has 12 aromatic rings. The predicted molar refractivity (Wildman–Crippen MR) is 270 cm³/mol. The third-order valence-electron chi connectivity index (χ3n) is 12.4. The monoisotopic (exact) mass is 820 g/mol. The first kappa shape index (κ1) is 36.8. The Kier molecular flexibility index (Phi) is 9.06. The molecular weight excluding hydrogens is 781 g/mol. The molecule has 2 aromatic heterocycles. The molecule has 63 heavy (non-hydrogen) atoms. The summed E-state index contributed by atoms with van der Waals surface area (Å²) in [5.41, 5.74) is 16.2. The Bertz CT molecular complexity index is 3620. The number of thiophene rings is 1. The second-order valence-electron chi connectivity index (χ2n) is 16.0. The van der Waals surface area contributed by atoms with E-state index in [9.17, 15) is 0 Å². The summed E-state index contributed by atoms with van der Waals surface area (Å²) < 4.78 is 5.02. The van der Waals surface area contributed by atoms with Crippen molar-refractivity contribution < 1.29 is 0 Å². The lowest BCUT2D eigenvalue weighted by molar-refractivity contribution is 1.18. The fourth-order valence-electron chi connectivity index (χ4n) is 9.68. The fourth-order valence-corrected chi connectivity index (χ4v) is 10.9. The van der Waals surface area contributed by atoms with Crippen molar-refractivity contribution in [1.29, 1.82) is 0 Å². The highest BCUT2D eigenvalue weighted by Gasteiger charge is 2.26. The van der Waals surface area contributed by atoms with E-state index in [0.29, 0.717) is 0 Å². The molecule has 0 amide bonds. The van der Waals surface area contributed by atoms with Crippen molar-refractivity contribution in [3.63, 3.8) is 0 Å². The molecule has 0 aliphatic carbocycles. The standard InChI is InChI=1S/C60H40N2S/c1-4-20-41(21-5-1)46-28-10-11-30-50(46)58-47(42-22-6-2-7-23-42)32-18-36-54(58)62(45-27-16-24-43(40-45)48-33-17-34-51-49-29-13-15-39-57(49)63-60(48)51)56-38-19-37-55-59(56)52-31-12-14-35-53(52)61(55)44-25-8-3-9-26-44/h1-40H. The zero-order valence-electron chi connectivity index (χ0n) is 34.4. The summed E-state index contributed by atoms with van der Waals surface area (Å²) in [6.07, 6.45) is 0. The van der Waals surface area contributed by atoms with Gasteiger partial charge in [0.15, 0.2) is 0 Å². The van der Waals surface area contributed by atoms with Crippen LogP contribution in [0.3, 0.4) is 0 Å². The molecule has 0 N–H and O–H groups in total. The highest BCUT2D eigenvalue weighted by atomic mass is 32.1. The number of nitrogens with zero attached hydrogens (tertiary/aromatic N) is 2. The van der Waals surface area contributed by atoms with Gasteiger partial charge in [-0.15, -0.1) is 11.3 Å². The lowest BCUT2D eigenvalue weighted by Gasteiger charge is -2.31. The second kappa shape index (κ2) is 15.5. The van der Waals surface area contributed by atoms with Crippen LogP contribution in [0, 0.1) is 0 Å². The normalized spacial score (nSPS) is 11.5. The van der Waals surface area contributed by atoms with E-state index in [-0.39, 0.29) is 0 Å². The van der Waals surface area contributed by atoms with E-state index in [1.807, 2.05) is 11.3 Å². The first-order valence-corrected chi connectivity index (χ1v) is 22.3. The van der Waals surface area contributed by atoms with Crippen LogP contribution in [0.4, 0.5) is 17.1 Å². The van der Waals surface area contributed by atoms with E-state index in [4.69, 9.17) is 0 Å². The zero-order chi connectivity index (χ0) is 41.7. The van der Waals surface area contributed by atoms with Crippen molar-refractivity contribution in [1.82, 2.24) is 4.57 Å². The van der Waals surface area contributed by atoms with E-state index < -0.39 is 0 Å². The number of rotatable bonds is 8. The molecule has 0 spiro atoms. The van der Waals surface area contributed by atoms with Crippen LogP contribution in [0.2, 0.25) is 0 Å². The lowest BCUT2D eigenvalue weighted by atomic mass is 9.87. The van der Waals surface area contributed by atoms with Crippen molar-refractivity contribution in [2.75, 3.05) is 4.90 Å². The van der Waals surface area contributed by atoms with Gasteiger partial charge in [0, 0.05) is 47.9 Å². The van der Waals surface area contributed by atoms with Crippen LogP contribution in [0.15, 0.2) is 243 Å². The predicted octanol–water partition coefficient (Wildman–Crippen LogP) is 17.3. The Morgan fingerprint density at radius 2 is 0.889 bits per heavy atom. The van der Waals surface area contributed by atoms with Crippen LogP contribution < -0.4 is 4.90 Å². The van der Waals surface area contributed by atoms with Crippen molar-refractivity contribution in [3.05, 3.63) is 243 Å². The maximum absolute atomic E-state index is 2.53. The van der Waals surface area contributed by atoms with Gasteiger partial charge in [0.25, 0.3) is 0 Å². The Balaban J connectivity index is 1.19. The van der Waals surface area contributed by atoms with Gasteiger partial charge in [-0.2, -0.15) is 0 Å². The highest BCUT2D eigenvalue weighted by molar-refractivity contribution is 7.26. The first-order chi connectivity index (χ1) is 31.3. The molecule has 0 saturated heterocycles. The van der Waals surface area contributed by atoms with Crippen molar-refractivity contribution in [3.8, 4) is 50.2 Å². The average molecular weight is 821 g/mol. The van der Waals surface area contributed by atoms with Gasteiger partial charge in [-0.3, -0.25) is 0 Å². The average Bonchev–Trinajstić information content (AvgIpc) is 3.92. The van der Waals surface area contributed by atoms with Gasteiger partial charge in [-0.25, -0.2) is 0 Å². The number of anilines is 3. The maximum atomic E-state index is 2.53. The van der Waals surface area contributed by atoms with E-state index in [2.05, 4.69) is 252 Å². The molecular formula is C60H40N2S. The molecule has 296 valence electrons. The summed E-state index contributed by atoms with van der Waals surface area (Å²) in [4.78, 5) is 2.53. The SMILES string of the molecule is c1ccc(-c2ccccc2-c2c(-c3ccccc3)cccc2N(c2cccc(-c3cccc4c3sc3ccccc34)c2)c2cccc3c2c2ccccc2n3-c2ccccc2)cc1. The maximum Gasteiger partial charge on any atom is 0.0562 e. The molecule has 0 radical (unpaired) electrons. The van der Waals surface area contributed by atoms with Gasteiger partial charge in [0.05, 0.1) is 22.4 Å². The first-order valence-electron chi connectivity index (χ1n) is 21.5. The summed E-state index contributed by atoms with van der Waals surface area (Å²) in [7, 11) is 0. The minimum Gasteiger partial charge on any atom is -0.309 e. The van der Waals surface area contributed by atoms with Gasteiger partial charge in [-0.1, -0.05) is 188 Å². The third-order valence-corrected chi connectivity index (χ3v) is 13.6. The molecule has 0 unspecified atom stereocenters.